The molecule has 3 nitrogen and oxygen atoms in total. The Kier molecular flexibility index (Phi) is 4.77. The largest absolute Gasteiger partial charge is 0.339 e. The van der Waals surface area contributed by atoms with Crippen LogP contribution in [0.2, 0.25) is 0 Å². The molecular formula is C18H25FN2O. The molecule has 0 aromatic heterocycles. The highest BCUT2D eigenvalue weighted by molar-refractivity contribution is 5.83. The van der Waals surface area contributed by atoms with E-state index in [1.54, 1.807) is 0 Å². The minimum Gasteiger partial charge on any atom is -0.339 e. The Morgan fingerprint density at radius 1 is 1.27 bits per heavy atom. The van der Waals surface area contributed by atoms with Gasteiger partial charge in [0.05, 0.1) is 0 Å². The van der Waals surface area contributed by atoms with E-state index in [2.05, 4.69) is 17.1 Å². The Morgan fingerprint density at radius 3 is 2.59 bits per heavy atom. The maximum absolute atomic E-state index is 13.0. The first-order valence-corrected chi connectivity index (χ1v) is 8.47. The van der Waals surface area contributed by atoms with Crippen LogP contribution in [0.15, 0.2) is 24.3 Å². The van der Waals surface area contributed by atoms with Gasteiger partial charge in [0, 0.05) is 18.5 Å². The van der Waals surface area contributed by atoms with Gasteiger partial charge in [0.25, 0.3) is 0 Å². The van der Waals surface area contributed by atoms with E-state index in [0.29, 0.717) is 11.9 Å². The Balaban J connectivity index is 1.65. The Labute approximate surface area is 131 Å². The van der Waals surface area contributed by atoms with E-state index in [0.717, 1.165) is 50.9 Å². The Bertz CT molecular complexity index is 510. The van der Waals surface area contributed by atoms with Gasteiger partial charge in [-0.05, 0) is 62.4 Å². The van der Waals surface area contributed by atoms with Crippen LogP contribution in [0.25, 0.3) is 0 Å². The first kappa shape index (κ1) is 15.5. The lowest BCUT2D eigenvalue weighted by Gasteiger charge is -2.35. The summed E-state index contributed by atoms with van der Waals surface area (Å²) in [7, 11) is 0. The van der Waals surface area contributed by atoms with Gasteiger partial charge in [-0.15, -0.1) is 0 Å². The van der Waals surface area contributed by atoms with Crippen molar-refractivity contribution in [2.75, 3.05) is 19.6 Å². The second-order valence-electron chi connectivity index (χ2n) is 6.51. The van der Waals surface area contributed by atoms with Gasteiger partial charge in [-0.2, -0.15) is 0 Å². The van der Waals surface area contributed by atoms with Crippen LogP contribution in [0.3, 0.4) is 0 Å². The van der Waals surface area contributed by atoms with Crippen LogP contribution < -0.4 is 5.32 Å². The number of hydrogen-bond acceptors (Lipinski definition) is 2. The zero-order valence-corrected chi connectivity index (χ0v) is 13.2. The van der Waals surface area contributed by atoms with Crippen LogP contribution in [0, 0.1) is 11.7 Å². The summed E-state index contributed by atoms with van der Waals surface area (Å²) in [6.07, 6.45) is 4.03. The van der Waals surface area contributed by atoms with Crippen LogP contribution in [0.5, 0.6) is 0 Å². The lowest BCUT2D eigenvalue weighted by atomic mass is 10.0. The summed E-state index contributed by atoms with van der Waals surface area (Å²) in [5.41, 5.74) is 1.10. The van der Waals surface area contributed by atoms with Crippen molar-refractivity contribution in [3.8, 4) is 0 Å². The van der Waals surface area contributed by atoms with Gasteiger partial charge in [0.1, 0.15) is 5.82 Å². The van der Waals surface area contributed by atoms with Crippen LogP contribution >= 0.6 is 0 Å². The Morgan fingerprint density at radius 2 is 1.95 bits per heavy atom. The van der Waals surface area contributed by atoms with E-state index in [-0.39, 0.29) is 17.7 Å². The first-order chi connectivity index (χ1) is 10.7. The maximum Gasteiger partial charge on any atom is 0.226 e. The highest BCUT2D eigenvalue weighted by Crippen LogP contribution is 2.48. The van der Waals surface area contributed by atoms with E-state index < -0.39 is 0 Å². The molecule has 120 valence electrons. The number of piperidine rings is 1. The zero-order valence-electron chi connectivity index (χ0n) is 13.2. The number of hydrogen-bond donors (Lipinski definition) is 1. The summed E-state index contributed by atoms with van der Waals surface area (Å²) in [5.74, 6) is 0.485. The molecule has 1 amide bonds. The molecule has 0 radical (unpaired) electrons. The van der Waals surface area contributed by atoms with Crippen molar-refractivity contribution >= 4 is 5.91 Å². The van der Waals surface area contributed by atoms with Crippen LogP contribution in [-0.4, -0.2) is 36.5 Å². The minimum absolute atomic E-state index is 0.104. The fourth-order valence-corrected chi connectivity index (χ4v) is 3.59. The first-order valence-electron chi connectivity index (χ1n) is 8.47. The van der Waals surface area contributed by atoms with Crippen molar-refractivity contribution in [1.29, 1.82) is 0 Å². The highest BCUT2D eigenvalue weighted by Gasteiger charge is 2.46. The zero-order chi connectivity index (χ0) is 15.5. The molecule has 3 rings (SSSR count). The van der Waals surface area contributed by atoms with Crippen LogP contribution in [0.4, 0.5) is 4.39 Å². The quantitative estimate of drug-likeness (QED) is 0.907. The van der Waals surface area contributed by atoms with E-state index in [9.17, 15) is 9.18 Å². The molecule has 2 aliphatic rings. The van der Waals surface area contributed by atoms with Crippen molar-refractivity contribution in [3.05, 3.63) is 35.6 Å². The molecule has 1 saturated heterocycles. The standard InChI is InChI=1S/C18H25FN2O/c1-2-11-21(15-7-9-20-10-8-15)18(22)17-12-16(17)13-3-5-14(19)6-4-13/h3-6,15-17,20H,2,7-12H2,1H3. The number of amides is 1. The molecule has 1 N–H and O–H groups in total. The number of nitrogens with zero attached hydrogens (tertiary/aromatic N) is 1. The van der Waals surface area contributed by atoms with Crippen molar-refractivity contribution in [1.82, 2.24) is 10.2 Å². The van der Waals surface area contributed by atoms with Gasteiger partial charge in [-0.3, -0.25) is 4.79 Å². The number of halogens is 1. The molecule has 1 aromatic carbocycles. The third kappa shape index (κ3) is 3.32. The summed E-state index contributed by atoms with van der Waals surface area (Å²) in [6.45, 7) is 5.00. The van der Waals surface area contributed by atoms with Crippen molar-refractivity contribution < 1.29 is 9.18 Å². The second kappa shape index (κ2) is 6.78. The predicted molar refractivity (Wildman–Crippen MR) is 85.1 cm³/mol. The van der Waals surface area contributed by atoms with Gasteiger partial charge in [-0.1, -0.05) is 19.1 Å². The summed E-state index contributed by atoms with van der Waals surface area (Å²) in [5, 5.41) is 3.36. The average Bonchev–Trinajstić information content (AvgIpc) is 3.34. The highest BCUT2D eigenvalue weighted by atomic mass is 19.1. The third-order valence-corrected chi connectivity index (χ3v) is 4.90. The van der Waals surface area contributed by atoms with Crippen molar-refractivity contribution in [2.24, 2.45) is 5.92 Å². The van der Waals surface area contributed by atoms with E-state index in [1.165, 1.54) is 12.1 Å². The fraction of sp³-hybridized carbons (Fsp3) is 0.611. The molecule has 1 aliphatic carbocycles. The number of carbonyl (C=O) groups is 1. The molecule has 1 heterocycles. The molecular weight excluding hydrogens is 279 g/mol. The topological polar surface area (TPSA) is 32.3 Å². The van der Waals surface area contributed by atoms with Gasteiger partial charge in [0.15, 0.2) is 0 Å². The van der Waals surface area contributed by atoms with E-state index in [4.69, 9.17) is 0 Å². The SMILES string of the molecule is CCCN(C(=O)C1CC1c1ccc(F)cc1)C1CCNCC1. The summed E-state index contributed by atoms with van der Waals surface area (Å²) < 4.78 is 13.0. The Hall–Kier alpha value is -1.42. The van der Waals surface area contributed by atoms with Gasteiger partial charge < -0.3 is 10.2 Å². The average molecular weight is 304 g/mol. The molecule has 2 fully saturated rings. The van der Waals surface area contributed by atoms with Gasteiger partial charge in [0.2, 0.25) is 5.91 Å². The van der Waals surface area contributed by atoms with Crippen LogP contribution in [0.1, 0.15) is 44.1 Å². The molecule has 1 aliphatic heterocycles. The molecule has 2 atom stereocenters. The van der Waals surface area contributed by atoms with E-state index >= 15 is 0 Å². The molecule has 1 saturated carbocycles. The lowest BCUT2D eigenvalue weighted by Crippen LogP contribution is -2.47. The third-order valence-electron chi connectivity index (χ3n) is 4.90. The van der Waals surface area contributed by atoms with Crippen molar-refractivity contribution in [3.63, 3.8) is 0 Å². The van der Waals surface area contributed by atoms with E-state index in [1.807, 2.05) is 12.1 Å². The number of nitrogens with one attached hydrogen (secondary N) is 1. The number of rotatable bonds is 5. The lowest BCUT2D eigenvalue weighted by molar-refractivity contribution is -0.135. The second-order valence-corrected chi connectivity index (χ2v) is 6.51. The smallest absolute Gasteiger partial charge is 0.226 e. The van der Waals surface area contributed by atoms with Gasteiger partial charge in [-0.25, -0.2) is 4.39 Å². The molecule has 1 aromatic rings. The predicted octanol–water partition coefficient (Wildman–Crippen LogP) is 2.92. The van der Waals surface area contributed by atoms with Crippen LogP contribution in [-0.2, 0) is 4.79 Å². The fourth-order valence-electron chi connectivity index (χ4n) is 3.59. The molecule has 22 heavy (non-hydrogen) atoms. The maximum atomic E-state index is 13.0. The summed E-state index contributed by atoms with van der Waals surface area (Å²) in [6, 6.07) is 7.02. The molecule has 4 heteroatoms. The minimum atomic E-state index is -0.213. The normalized spacial score (nSPS) is 25.0. The molecule has 2 unspecified atom stereocenters. The summed E-state index contributed by atoms with van der Waals surface area (Å²) >= 11 is 0. The number of carbonyl (C=O) groups excluding carboxylic acids is 1. The summed E-state index contributed by atoms with van der Waals surface area (Å²) in [4.78, 5) is 15.0. The molecule has 0 spiro atoms. The number of benzene rings is 1. The monoisotopic (exact) mass is 304 g/mol. The molecule has 0 bridgehead atoms. The van der Waals surface area contributed by atoms with Gasteiger partial charge >= 0.3 is 0 Å². The van der Waals surface area contributed by atoms with Crippen molar-refractivity contribution in [2.45, 2.75) is 44.6 Å².